The molecule has 0 aliphatic carbocycles. The number of ether oxygens (including phenoxy) is 1. The number of nitrogens with one attached hydrogen (secondary N) is 1. The third-order valence-corrected chi connectivity index (χ3v) is 5.26. The average Bonchev–Trinajstić information content (AvgIpc) is 2.74. The van der Waals surface area contributed by atoms with E-state index in [1.807, 2.05) is 29.2 Å². The fourth-order valence-corrected chi connectivity index (χ4v) is 3.57. The summed E-state index contributed by atoms with van der Waals surface area (Å²) in [4.78, 5) is 30.9. The van der Waals surface area contributed by atoms with Gasteiger partial charge in [-0.1, -0.05) is 32.0 Å². The van der Waals surface area contributed by atoms with Crippen LogP contribution in [0.3, 0.4) is 0 Å². The first-order chi connectivity index (χ1) is 14.0. The maximum atomic E-state index is 12.8. The number of aromatic nitrogens is 1. The molecule has 1 N–H and O–H groups in total. The number of nitrogens with zero attached hydrogens (tertiary/aromatic N) is 2. The highest BCUT2D eigenvalue weighted by molar-refractivity contribution is 5.94. The van der Waals surface area contributed by atoms with Crippen LogP contribution in [-0.4, -0.2) is 46.9 Å². The normalized spacial score (nSPS) is 15.8. The third kappa shape index (κ3) is 5.34. The lowest BCUT2D eigenvalue weighted by atomic mass is 10.0. The van der Waals surface area contributed by atoms with Crippen LogP contribution < -0.4 is 10.1 Å². The lowest BCUT2D eigenvalue weighted by molar-refractivity contribution is -0.139. The largest absolute Gasteiger partial charge is 0.481 e. The number of hydrogen-bond acceptors (Lipinski definition) is 4. The molecular formula is C23H29N3O3. The Morgan fingerprint density at radius 3 is 2.48 bits per heavy atom. The van der Waals surface area contributed by atoms with Crippen molar-refractivity contribution in [3.8, 4) is 5.75 Å². The van der Waals surface area contributed by atoms with E-state index in [1.54, 1.807) is 31.5 Å². The van der Waals surface area contributed by atoms with E-state index < -0.39 is 6.10 Å². The van der Waals surface area contributed by atoms with Crippen LogP contribution in [0, 0.1) is 0 Å². The van der Waals surface area contributed by atoms with Gasteiger partial charge in [0, 0.05) is 31.5 Å². The van der Waals surface area contributed by atoms with Gasteiger partial charge < -0.3 is 15.0 Å². The lowest BCUT2D eigenvalue weighted by Crippen LogP contribution is -2.49. The number of likely N-dealkylation sites (tertiary alicyclic amines) is 1. The van der Waals surface area contributed by atoms with Crippen LogP contribution in [0.4, 0.5) is 0 Å². The molecule has 29 heavy (non-hydrogen) atoms. The van der Waals surface area contributed by atoms with Gasteiger partial charge in [-0.2, -0.15) is 0 Å². The summed E-state index contributed by atoms with van der Waals surface area (Å²) in [6, 6.07) is 11.4. The SMILES string of the molecule is CC(Oc1ccccc1C(C)C)C(=O)N1CCC(NC(=O)c2cccnc2)CC1. The molecule has 2 heterocycles. The predicted molar refractivity (Wildman–Crippen MR) is 112 cm³/mol. The molecule has 6 heteroatoms. The van der Waals surface area contributed by atoms with Gasteiger partial charge in [-0.3, -0.25) is 14.6 Å². The summed E-state index contributed by atoms with van der Waals surface area (Å²) < 4.78 is 6.00. The summed E-state index contributed by atoms with van der Waals surface area (Å²) in [6.45, 7) is 7.24. The quantitative estimate of drug-likeness (QED) is 0.814. The van der Waals surface area contributed by atoms with Crippen LogP contribution in [0.5, 0.6) is 5.75 Å². The van der Waals surface area contributed by atoms with Gasteiger partial charge in [0.2, 0.25) is 0 Å². The Hall–Kier alpha value is -2.89. The average molecular weight is 396 g/mol. The van der Waals surface area contributed by atoms with Crippen LogP contribution >= 0.6 is 0 Å². The van der Waals surface area contributed by atoms with Gasteiger partial charge >= 0.3 is 0 Å². The second-order valence-electron chi connectivity index (χ2n) is 7.77. The molecule has 154 valence electrons. The van der Waals surface area contributed by atoms with E-state index >= 15 is 0 Å². The van der Waals surface area contributed by atoms with Crippen molar-refractivity contribution in [1.82, 2.24) is 15.2 Å². The summed E-state index contributed by atoms with van der Waals surface area (Å²) in [5.41, 5.74) is 1.65. The van der Waals surface area contributed by atoms with Crippen molar-refractivity contribution in [1.29, 1.82) is 0 Å². The molecule has 1 aliphatic rings. The maximum absolute atomic E-state index is 12.8. The lowest BCUT2D eigenvalue weighted by Gasteiger charge is -2.34. The van der Waals surface area contributed by atoms with Crippen molar-refractivity contribution in [2.45, 2.75) is 51.7 Å². The minimum Gasteiger partial charge on any atom is -0.481 e. The van der Waals surface area contributed by atoms with Gasteiger partial charge in [0.1, 0.15) is 5.75 Å². The predicted octanol–water partition coefficient (Wildman–Crippen LogP) is 3.39. The van der Waals surface area contributed by atoms with E-state index in [4.69, 9.17) is 4.74 Å². The number of carbonyl (C=O) groups is 2. The molecule has 0 spiro atoms. The number of pyridine rings is 1. The first-order valence-corrected chi connectivity index (χ1v) is 10.2. The summed E-state index contributed by atoms with van der Waals surface area (Å²) in [6.07, 6.45) is 4.11. The summed E-state index contributed by atoms with van der Waals surface area (Å²) in [5, 5.41) is 3.04. The number of hydrogen-bond donors (Lipinski definition) is 1. The van der Waals surface area contributed by atoms with Crippen molar-refractivity contribution in [3.05, 3.63) is 59.9 Å². The van der Waals surface area contributed by atoms with Gasteiger partial charge in [0.15, 0.2) is 6.10 Å². The van der Waals surface area contributed by atoms with Crippen molar-refractivity contribution < 1.29 is 14.3 Å². The number of rotatable bonds is 6. The van der Waals surface area contributed by atoms with Crippen LogP contribution in [0.25, 0.3) is 0 Å². The molecule has 1 atom stereocenters. The highest BCUT2D eigenvalue weighted by Gasteiger charge is 2.28. The second kappa shape index (κ2) is 9.54. The van der Waals surface area contributed by atoms with Crippen LogP contribution in [0.1, 0.15) is 55.5 Å². The fraction of sp³-hybridized carbons (Fsp3) is 0.435. The third-order valence-electron chi connectivity index (χ3n) is 5.26. The minimum atomic E-state index is -0.545. The molecular weight excluding hydrogens is 366 g/mol. The highest BCUT2D eigenvalue weighted by atomic mass is 16.5. The van der Waals surface area contributed by atoms with E-state index in [-0.39, 0.29) is 17.9 Å². The Morgan fingerprint density at radius 1 is 1.10 bits per heavy atom. The number of para-hydroxylation sites is 1. The van der Waals surface area contributed by atoms with E-state index in [2.05, 4.69) is 24.1 Å². The molecule has 1 saturated heterocycles. The monoisotopic (exact) mass is 395 g/mol. The molecule has 0 radical (unpaired) electrons. The molecule has 1 aromatic carbocycles. The zero-order chi connectivity index (χ0) is 20.8. The highest BCUT2D eigenvalue weighted by Crippen LogP contribution is 2.27. The first-order valence-electron chi connectivity index (χ1n) is 10.2. The number of carbonyl (C=O) groups excluding carboxylic acids is 2. The van der Waals surface area contributed by atoms with Gasteiger partial charge in [-0.15, -0.1) is 0 Å². The number of benzene rings is 1. The van der Waals surface area contributed by atoms with Gasteiger partial charge in [-0.05, 0) is 49.4 Å². The molecule has 0 saturated carbocycles. The van der Waals surface area contributed by atoms with Crippen LogP contribution in [0.2, 0.25) is 0 Å². The Kier molecular flexibility index (Phi) is 6.86. The zero-order valence-electron chi connectivity index (χ0n) is 17.3. The number of amides is 2. The van der Waals surface area contributed by atoms with Crippen molar-refractivity contribution >= 4 is 11.8 Å². The molecule has 1 unspecified atom stereocenters. The molecule has 2 amide bonds. The van der Waals surface area contributed by atoms with E-state index in [9.17, 15) is 9.59 Å². The van der Waals surface area contributed by atoms with E-state index in [0.717, 1.165) is 24.2 Å². The molecule has 6 nitrogen and oxygen atoms in total. The standard InChI is InChI=1S/C23H29N3O3/c1-16(2)20-8-4-5-9-21(20)29-17(3)23(28)26-13-10-19(11-14-26)25-22(27)18-7-6-12-24-15-18/h4-9,12,15-17,19H,10-11,13-14H2,1-3H3,(H,25,27). The molecule has 0 bridgehead atoms. The molecule has 1 fully saturated rings. The Balaban J connectivity index is 1.51. The maximum Gasteiger partial charge on any atom is 0.263 e. The molecule has 3 rings (SSSR count). The minimum absolute atomic E-state index is 0.0133. The summed E-state index contributed by atoms with van der Waals surface area (Å²) in [5.74, 6) is 0.958. The molecule has 1 aromatic heterocycles. The van der Waals surface area contributed by atoms with Crippen molar-refractivity contribution in [2.24, 2.45) is 0 Å². The summed E-state index contributed by atoms with van der Waals surface area (Å²) in [7, 11) is 0. The Labute approximate surface area is 172 Å². The topological polar surface area (TPSA) is 71.5 Å². The first kappa shape index (κ1) is 20.8. The Morgan fingerprint density at radius 2 is 1.83 bits per heavy atom. The molecule has 2 aromatic rings. The molecule has 1 aliphatic heterocycles. The van der Waals surface area contributed by atoms with E-state index in [0.29, 0.717) is 24.6 Å². The van der Waals surface area contributed by atoms with Crippen molar-refractivity contribution in [3.63, 3.8) is 0 Å². The smallest absolute Gasteiger partial charge is 0.263 e. The second-order valence-corrected chi connectivity index (χ2v) is 7.77. The Bertz CT molecular complexity index is 830. The van der Waals surface area contributed by atoms with Gasteiger partial charge in [-0.25, -0.2) is 0 Å². The van der Waals surface area contributed by atoms with Crippen LogP contribution in [0.15, 0.2) is 48.8 Å². The van der Waals surface area contributed by atoms with Crippen LogP contribution in [-0.2, 0) is 4.79 Å². The van der Waals surface area contributed by atoms with Crippen molar-refractivity contribution in [2.75, 3.05) is 13.1 Å². The summed E-state index contributed by atoms with van der Waals surface area (Å²) >= 11 is 0. The van der Waals surface area contributed by atoms with E-state index in [1.165, 1.54) is 0 Å². The van der Waals surface area contributed by atoms with Gasteiger partial charge in [0.25, 0.3) is 11.8 Å². The van der Waals surface area contributed by atoms with Gasteiger partial charge in [0.05, 0.1) is 5.56 Å². The fourth-order valence-electron chi connectivity index (χ4n) is 3.57. The zero-order valence-corrected chi connectivity index (χ0v) is 17.3. The number of piperidine rings is 1.